The summed E-state index contributed by atoms with van der Waals surface area (Å²) in [5.74, 6) is 1.45. The Morgan fingerprint density at radius 2 is 1.50 bits per heavy atom. The minimum atomic E-state index is -4.41. The second-order valence-electron chi connectivity index (χ2n) is 12.0. The maximum absolute atomic E-state index is 14.1. The third-order valence-electron chi connectivity index (χ3n) is 8.37. The van der Waals surface area contributed by atoms with E-state index in [0.717, 1.165) is 17.7 Å². The van der Waals surface area contributed by atoms with Gasteiger partial charge in [0.1, 0.15) is 0 Å². The van der Waals surface area contributed by atoms with Gasteiger partial charge in [-0.15, -0.1) is 0 Å². The molecule has 0 saturated carbocycles. The first kappa shape index (κ1) is 31.8. The lowest BCUT2D eigenvalue weighted by Crippen LogP contribution is -2.43. The Balaban J connectivity index is 1.88. The van der Waals surface area contributed by atoms with Crippen molar-refractivity contribution in [2.24, 2.45) is 5.41 Å². The highest BCUT2D eigenvalue weighted by Gasteiger charge is 2.47. The Bertz CT molecular complexity index is 1150. The summed E-state index contributed by atoms with van der Waals surface area (Å²) in [6.07, 6.45) is -2.99. The molecule has 1 aliphatic heterocycles. The molecule has 0 spiro atoms. The highest BCUT2D eigenvalue weighted by atomic mass is 28.4. The number of carbonyl (C=O) groups excluding carboxylic acids is 1. The molecule has 0 aliphatic carbocycles. The first-order valence-electron chi connectivity index (χ1n) is 13.5. The summed E-state index contributed by atoms with van der Waals surface area (Å²) in [5.41, 5.74) is 0.0466. The van der Waals surface area contributed by atoms with Crippen LogP contribution in [0.4, 0.5) is 13.2 Å². The summed E-state index contributed by atoms with van der Waals surface area (Å²) >= 11 is 0. The van der Waals surface area contributed by atoms with Crippen LogP contribution in [-0.2, 0) is 28.4 Å². The number of halogens is 3. The van der Waals surface area contributed by atoms with Crippen LogP contribution in [0.25, 0.3) is 0 Å². The number of nitrogens with zero attached hydrogens (tertiary/aromatic N) is 1. The molecule has 0 radical (unpaired) electrons. The second-order valence-corrected chi connectivity index (χ2v) is 16.8. The maximum atomic E-state index is 14.1. The molecule has 0 bridgehead atoms. The number of likely N-dealkylation sites (tertiary alicyclic amines) is 1. The zero-order valence-corrected chi connectivity index (χ0v) is 25.8. The van der Waals surface area contributed by atoms with E-state index in [4.69, 9.17) is 18.6 Å². The lowest BCUT2D eigenvalue weighted by Gasteiger charge is -2.37. The van der Waals surface area contributed by atoms with E-state index in [0.29, 0.717) is 61.8 Å². The SMILES string of the molecule is COc1cc(CN2CCC(CCO[Si](C)(C)C(C)(C)C)(Cc3ccc(C(F)(F)F)cc3)C2=O)cc(OC)c1OC. The fraction of sp³-hybridized carbons (Fsp3) is 0.567. The van der Waals surface area contributed by atoms with E-state index in [9.17, 15) is 18.0 Å². The Hall–Kier alpha value is -2.72. The topological polar surface area (TPSA) is 57.2 Å². The number of amides is 1. The van der Waals surface area contributed by atoms with Gasteiger partial charge < -0.3 is 23.5 Å². The molecule has 3 rings (SSSR count). The molecule has 2 aromatic rings. The van der Waals surface area contributed by atoms with Crippen LogP contribution in [-0.4, -0.2) is 53.6 Å². The molecule has 0 N–H and O–H groups in total. The van der Waals surface area contributed by atoms with Crippen molar-refractivity contribution in [3.63, 3.8) is 0 Å². The monoisotopic (exact) mass is 581 g/mol. The summed E-state index contributed by atoms with van der Waals surface area (Å²) in [6.45, 7) is 12.1. The van der Waals surface area contributed by atoms with Crippen molar-refractivity contribution in [1.82, 2.24) is 4.90 Å². The van der Waals surface area contributed by atoms with Crippen LogP contribution in [0.15, 0.2) is 36.4 Å². The van der Waals surface area contributed by atoms with Gasteiger partial charge in [-0.25, -0.2) is 0 Å². The van der Waals surface area contributed by atoms with Crippen molar-refractivity contribution >= 4 is 14.2 Å². The molecule has 10 heteroatoms. The van der Waals surface area contributed by atoms with Crippen LogP contribution in [0, 0.1) is 5.41 Å². The predicted molar refractivity (Wildman–Crippen MR) is 151 cm³/mol. The van der Waals surface area contributed by atoms with Crippen molar-refractivity contribution in [2.75, 3.05) is 34.5 Å². The van der Waals surface area contributed by atoms with E-state index in [-0.39, 0.29) is 10.9 Å². The largest absolute Gasteiger partial charge is 0.493 e. The van der Waals surface area contributed by atoms with Gasteiger partial charge in [0.15, 0.2) is 19.8 Å². The zero-order valence-electron chi connectivity index (χ0n) is 24.8. The number of methoxy groups -OCH3 is 3. The lowest BCUT2D eigenvalue weighted by atomic mass is 9.77. The molecule has 2 aromatic carbocycles. The number of benzene rings is 2. The van der Waals surface area contributed by atoms with Gasteiger partial charge in [-0.1, -0.05) is 32.9 Å². The molecule has 222 valence electrons. The first-order chi connectivity index (χ1) is 18.6. The van der Waals surface area contributed by atoms with Gasteiger partial charge in [0, 0.05) is 19.7 Å². The Morgan fingerprint density at radius 3 is 1.98 bits per heavy atom. The maximum Gasteiger partial charge on any atom is 0.416 e. The van der Waals surface area contributed by atoms with Gasteiger partial charge >= 0.3 is 6.18 Å². The fourth-order valence-corrected chi connectivity index (χ4v) is 5.94. The van der Waals surface area contributed by atoms with Gasteiger partial charge in [0.2, 0.25) is 11.7 Å². The van der Waals surface area contributed by atoms with Gasteiger partial charge in [-0.05, 0) is 72.8 Å². The standard InChI is InChI=1S/C30H42F3NO5Si/c1-28(2,3)40(7,8)39-16-14-29(19-21-9-11-23(12-10-21)30(31,32)33)13-15-34(27(29)35)20-22-17-24(36-4)26(38-6)25(18-22)37-5/h9-12,17-18H,13-16,19-20H2,1-8H3. The molecule has 1 fully saturated rings. The van der Waals surface area contributed by atoms with Crippen LogP contribution in [0.3, 0.4) is 0 Å². The summed E-state index contributed by atoms with van der Waals surface area (Å²) in [6, 6.07) is 8.78. The molecule has 40 heavy (non-hydrogen) atoms. The lowest BCUT2D eigenvalue weighted by molar-refractivity contribution is -0.138. The molecular weight excluding hydrogens is 539 g/mol. The summed E-state index contributed by atoms with van der Waals surface area (Å²) in [5, 5.41) is 0.0196. The smallest absolute Gasteiger partial charge is 0.416 e. The van der Waals surface area contributed by atoms with Gasteiger partial charge in [-0.3, -0.25) is 4.79 Å². The van der Waals surface area contributed by atoms with E-state index in [2.05, 4.69) is 33.9 Å². The number of carbonyl (C=O) groups is 1. The predicted octanol–water partition coefficient (Wildman–Crippen LogP) is 7.10. The molecule has 0 aromatic heterocycles. The quantitative estimate of drug-likeness (QED) is 0.265. The Labute approximate surface area is 236 Å². The molecule has 1 atom stereocenters. The molecule has 1 heterocycles. The zero-order chi connectivity index (χ0) is 29.9. The normalized spacial score (nSPS) is 18.3. The molecule has 6 nitrogen and oxygen atoms in total. The summed E-state index contributed by atoms with van der Waals surface area (Å²) in [7, 11) is 2.57. The first-order valence-corrected chi connectivity index (χ1v) is 16.4. The minimum absolute atomic E-state index is 0.0196. The van der Waals surface area contributed by atoms with Crippen molar-refractivity contribution in [3.8, 4) is 17.2 Å². The van der Waals surface area contributed by atoms with Gasteiger partial charge in [0.25, 0.3) is 0 Å². The molecular formula is C30H42F3NO5Si. The molecule has 1 amide bonds. The molecule has 1 aliphatic rings. The van der Waals surface area contributed by atoms with E-state index in [1.165, 1.54) is 19.2 Å². The van der Waals surface area contributed by atoms with Crippen LogP contribution in [0.5, 0.6) is 17.2 Å². The Kier molecular flexibility index (Phi) is 9.56. The third-order valence-corrected chi connectivity index (χ3v) is 12.9. The third kappa shape index (κ3) is 6.94. The van der Waals surface area contributed by atoms with Crippen LogP contribution in [0.1, 0.15) is 50.3 Å². The van der Waals surface area contributed by atoms with Crippen LogP contribution >= 0.6 is 0 Å². The average Bonchev–Trinajstić information content (AvgIpc) is 3.16. The van der Waals surface area contributed by atoms with E-state index >= 15 is 0 Å². The van der Waals surface area contributed by atoms with Crippen LogP contribution in [0.2, 0.25) is 18.1 Å². The number of ether oxygens (including phenoxy) is 3. The van der Waals surface area contributed by atoms with Gasteiger partial charge in [0.05, 0.1) is 32.3 Å². The van der Waals surface area contributed by atoms with Gasteiger partial charge in [-0.2, -0.15) is 13.2 Å². The van der Waals surface area contributed by atoms with Crippen molar-refractivity contribution in [1.29, 1.82) is 0 Å². The van der Waals surface area contributed by atoms with E-state index < -0.39 is 25.5 Å². The number of rotatable bonds is 11. The highest BCUT2D eigenvalue weighted by molar-refractivity contribution is 6.74. The van der Waals surface area contributed by atoms with E-state index in [1.807, 2.05) is 12.1 Å². The van der Waals surface area contributed by atoms with Crippen molar-refractivity contribution in [2.45, 2.75) is 70.9 Å². The van der Waals surface area contributed by atoms with Crippen molar-refractivity contribution < 1.29 is 36.6 Å². The number of hydrogen-bond acceptors (Lipinski definition) is 5. The van der Waals surface area contributed by atoms with Crippen molar-refractivity contribution in [3.05, 3.63) is 53.1 Å². The minimum Gasteiger partial charge on any atom is -0.493 e. The highest BCUT2D eigenvalue weighted by Crippen LogP contribution is 2.43. The van der Waals surface area contributed by atoms with Crippen LogP contribution < -0.4 is 14.2 Å². The Morgan fingerprint density at radius 1 is 0.925 bits per heavy atom. The second kappa shape index (κ2) is 12.0. The summed E-state index contributed by atoms with van der Waals surface area (Å²) < 4.78 is 62.3. The molecule has 1 saturated heterocycles. The molecule has 1 unspecified atom stereocenters. The number of alkyl halides is 3. The summed E-state index contributed by atoms with van der Waals surface area (Å²) in [4.78, 5) is 15.9. The van der Waals surface area contributed by atoms with E-state index in [1.54, 1.807) is 19.1 Å². The fourth-order valence-electron chi connectivity index (χ4n) is 4.90. The average molecular weight is 582 g/mol. The number of hydrogen-bond donors (Lipinski definition) is 0.